The molecular weight excluding hydrogens is 1070 g/mol. The third-order valence-electron chi connectivity index (χ3n) is 14.3. The molecule has 3 aliphatic rings. The molecule has 3 aliphatic heterocycles. The lowest BCUT2D eigenvalue weighted by Crippen LogP contribution is -2.66. The van der Waals surface area contributed by atoms with Crippen LogP contribution in [0.1, 0.15) is 142 Å². The largest absolute Gasteiger partial charge is 0.394 e. The summed E-state index contributed by atoms with van der Waals surface area (Å²) in [6.07, 6.45) is 33.7. The Labute approximate surface area is 493 Å². The summed E-state index contributed by atoms with van der Waals surface area (Å²) in [5, 5.41) is 120. The molecule has 19 nitrogen and oxygen atoms in total. The molecule has 0 aliphatic carbocycles. The Kier molecular flexibility index (Phi) is 40.3. The number of unbranched alkanes of at least 4 members (excludes halogenated alkanes) is 9. The van der Waals surface area contributed by atoms with Gasteiger partial charge in [-0.3, -0.25) is 4.79 Å². The van der Waals surface area contributed by atoms with E-state index < -0.39 is 124 Å². The van der Waals surface area contributed by atoms with Gasteiger partial charge < -0.3 is 89.9 Å². The van der Waals surface area contributed by atoms with E-state index in [0.29, 0.717) is 12.8 Å². The van der Waals surface area contributed by atoms with Gasteiger partial charge in [-0.25, -0.2) is 0 Å². The summed E-state index contributed by atoms with van der Waals surface area (Å²) < 4.78 is 34.1. The quantitative estimate of drug-likeness (QED) is 0.0258. The molecule has 17 unspecified atom stereocenters. The Hall–Kier alpha value is -3.81. The number of aliphatic hydroxyl groups is 11. The number of allylic oxidation sites excluding steroid dienone is 19. The predicted octanol–water partition coefficient (Wildman–Crippen LogP) is 5.70. The lowest BCUT2D eigenvalue weighted by molar-refractivity contribution is -0.379. The molecule has 12 N–H and O–H groups in total. The van der Waals surface area contributed by atoms with Crippen molar-refractivity contribution in [2.24, 2.45) is 0 Å². The third-order valence-corrected chi connectivity index (χ3v) is 14.3. The molecule has 472 valence electrons. The maximum Gasteiger partial charge on any atom is 0.220 e. The first-order valence-corrected chi connectivity index (χ1v) is 30.3. The number of amides is 1. The fourth-order valence-corrected chi connectivity index (χ4v) is 9.38. The minimum absolute atomic E-state index is 0.209. The summed E-state index contributed by atoms with van der Waals surface area (Å²) >= 11 is 0. The van der Waals surface area contributed by atoms with Gasteiger partial charge in [0.25, 0.3) is 0 Å². The average Bonchev–Trinajstić information content (AvgIpc) is 3.25. The van der Waals surface area contributed by atoms with E-state index in [0.717, 1.165) is 109 Å². The molecule has 83 heavy (non-hydrogen) atoms. The number of hydrogen-bond donors (Lipinski definition) is 12. The van der Waals surface area contributed by atoms with E-state index in [1.165, 1.54) is 0 Å². The molecule has 0 saturated carbocycles. The lowest BCUT2D eigenvalue weighted by atomic mass is 9.96. The van der Waals surface area contributed by atoms with Crippen LogP contribution in [0.2, 0.25) is 0 Å². The van der Waals surface area contributed by atoms with Crippen molar-refractivity contribution in [2.75, 3.05) is 26.4 Å². The predicted molar refractivity (Wildman–Crippen MR) is 318 cm³/mol. The molecule has 0 aromatic rings. The van der Waals surface area contributed by atoms with Crippen LogP contribution in [0.4, 0.5) is 0 Å². The summed E-state index contributed by atoms with van der Waals surface area (Å²) in [5.41, 5.74) is 0. The van der Waals surface area contributed by atoms with Crippen LogP contribution in [-0.2, 0) is 33.2 Å². The molecular formula is C64H103NO18. The first kappa shape index (κ1) is 73.4. The van der Waals surface area contributed by atoms with Crippen LogP contribution in [0.25, 0.3) is 0 Å². The standard InChI is InChI=1S/C64H103NO18/c1-3-5-7-9-11-13-14-15-16-17-18-19-20-21-22-23-24-25-26-27-28-29-30-31-32-34-36-38-40-42-52(70)65-47(48(69)41-39-37-35-33-12-10-8-6-4-2)46-78-62-58(76)55(73)60(50(44-67)80-62)83-64-59(77)56(74)61(51(45-68)81-64)82-63-57(75)54(72)53(71)49(43-66)79-63/h4-7,11-13,15-16,18-19,21-22,24-25,27-28,33,39,41,47-51,53-64,66-69,71-77H,3,8-10,14,17,20,23,26,29-32,34-38,40,42-46H2,1-2H3,(H,65,70)/b6-4+,7-5-,13-11-,16-15-,19-18-,22-21-,25-24-,28-27-,33-12+,41-39+. The number of hydrogen-bond acceptors (Lipinski definition) is 18. The Balaban J connectivity index is 1.42. The molecule has 0 bridgehead atoms. The molecule has 1 amide bonds. The number of ether oxygens (including phenoxy) is 6. The van der Waals surface area contributed by atoms with Crippen molar-refractivity contribution in [3.05, 3.63) is 122 Å². The van der Waals surface area contributed by atoms with Crippen molar-refractivity contribution < 1.29 is 89.4 Å². The highest BCUT2D eigenvalue weighted by molar-refractivity contribution is 5.76. The summed E-state index contributed by atoms with van der Waals surface area (Å²) in [6.45, 7) is 1.28. The smallest absolute Gasteiger partial charge is 0.220 e. The molecule has 17 atom stereocenters. The highest BCUT2D eigenvalue weighted by Gasteiger charge is 2.53. The third kappa shape index (κ3) is 29.0. The highest BCUT2D eigenvalue weighted by atomic mass is 16.8. The van der Waals surface area contributed by atoms with Crippen molar-refractivity contribution in [2.45, 2.75) is 247 Å². The molecule has 0 spiro atoms. The van der Waals surface area contributed by atoms with Crippen LogP contribution < -0.4 is 5.32 Å². The van der Waals surface area contributed by atoms with Crippen LogP contribution >= 0.6 is 0 Å². The first-order valence-electron chi connectivity index (χ1n) is 30.3. The molecule has 0 radical (unpaired) electrons. The average molecular weight is 1170 g/mol. The van der Waals surface area contributed by atoms with E-state index >= 15 is 0 Å². The summed E-state index contributed by atoms with van der Waals surface area (Å²) in [5.74, 6) is -0.312. The number of carbonyl (C=O) groups is 1. The zero-order valence-corrected chi connectivity index (χ0v) is 49.1. The minimum Gasteiger partial charge on any atom is -0.394 e. The van der Waals surface area contributed by atoms with Gasteiger partial charge >= 0.3 is 0 Å². The van der Waals surface area contributed by atoms with Gasteiger partial charge in [0.2, 0.25) is 5.91 Å². The fourth-order valence-electron chi connectivity index (χ4n) is 9.38. The van der Waals surface area contributed by atoms with Crippen molar-refractivity contribution in [1.82, 2.24) is 5.32 Å². The van der Waals surface area contributed by atoms with Crippen molar-refractivity contribution in [1.29, 1.82) is 0 Å². The van der Waals surface area contributed by atoms with E-state index in [1.54, 1.807) is 12.2 Å². The van der Waals surface area contributed by atoms with E-state index in [-0.39, 0.29) is 18.9 Å². The monoisotopic (exact) mass is 1170 g/mol. The van der Waals surface area contributed by atoms with Crippen LogP contribution in [0.3, 0.4) is 0 Å². The molecule has 3 heterocycles. The zero-order valence-electron chi connectivity index (χ0n) is 49.1. The van der Waals surface area contributed by atoms with Crippen LogP contribution in [-0.4, -0.2) is 193 Å². The van der Waals surface area contributed by atoms with Crippen molar-refractivity contribution in [3.8, 4) is 0 Å². The van der Waals surface area contributed by atoms with Gasteiger partial charge in [-0.1, -0.05) is 161 Å². The number of rotatable bonds is 42. The second-order valence-corrected chi connectivity index (χ2v) is 21.1. The minimum atomic E-state index is -1.99. The van der Waals surface area contributed by atoms with Crippen LogP contribution in [0.15, 0.2) is 122 Å². The van der Waals surface area contributed by atoms with Gasteiger partial charge in [-0.15, -0.1) is 0 Å². The number of carbonyl (C=O) groups excluding carboxylic acids is 1. The second kappa shape index (κ2) is 45.5. The first-order chi connectivity index (χ1) is 40.3. The molecule has 3 saturated heterocycles. The normalized spacial score (nSPS) is 30.3. The Bertz CT molecular complexity index is 1980. The Morgan fingerprint density at radius 3 is 1.35 bits per heavy atom. The van der Waals surface area contributed by atoms with Crippen LogP contribution in [0, 0.1) is 0 Å². The SMILES string of the molecule is C/C=C/CC/C=C/CC/C=C/C(O)C(COC1OC(CO)C(OC2OC(CO)C(OC3OC(CO)C(O)C(O)C3O)C(O)C2O)C(O)C1O)NC(=O)CCCCCCCCC/C=C\C/C=C\C/C=C\C/C=C\C/C=C\C/C=C\C/C=C\CC. The van der Waals surface area contributed by atoms with E-state index in [4.69, 9.17) is 28.4 Å². The van der Waals surface area contributed by atoms with E-state index in [9.17, 15) is 61.0 Å². The molecule has 0 aromatic heterocycles. The zero-order chi connectivity index (χ0) is 60.5. The van der Waals surface area contributed by atoms with E-state index in [2.05, 4.69) is 116 Å². The number of aliphatic hydroxyl groups excluding tert-OH is 11. The summed E-state index contributed by atoms with van der Waals surface area (Å²) in [4.78, 5) is 13.3. The van der Waals surface area contributed by atoms with Gasteiger partial charge in [-0.05, 0) is 96.8 Å². The topological polar surface area (TPSA) is 307 Å². The second-order valence-electron chi connectivity index (χ2n) is 21.1. The molecule has 19 heteroatoms. The Morgan fingerprint density at radius 2 is 0.855 bits per heavy atom. The van der Waals surface area contributed by atoms with Gasteiger partial charge in [0.15, 0.2) is 18.9 Å². The molecule has 0 aromatic carbocycles. The van der Waals surface area contributed by atoms with Crippen molar-refractivity contribution >= 4 is 5.91 Å². The lowest BCUT2D eigenvalue weighted by Gasteiger charge is -2.48. The van der Waals surface area contributed by atoms with Gasteiger partial charge in [-0.2, -0.15) is 0 Å². The van der Waals surface area contributed by atoms with Crippen molar-refractivity contribution in [3.63, 3.8) is 0 Å². The Morgan fingerprint density at radius 1 is 0.458 bits per heavy atom. The fraction of sp³-hybridized carbons (Fsp3) is 0.672. The summed E-state index contributed by atoms with van der Waals surface area (Å²) in [6, 6.07) is -1.01. The maximum absolute atomic E-state index is 13.3. The molecule has 3 rings (SSSR count). The van der Waals surface area contributed by atoms with Gasteiger partial charge in [0.05, 0.1) is 38.6 Å². The van der Waals surface area contributed by atoms with Crippen LogP contribution in [0.5, 0.6) is 0 Å². The van der Waals surface area contributed by atoms with E-state index in [1.807, 2.05) is 13.0 Å². The maximum atomic E-state index is 13.3. The van der Waals surface area contributed by atoms with Gasteiger partial charge in [0.1, 0.15) is 73.2 Å². The highest BCUT2D eigenvalue weighted by Crippen LogP contribution is 2.33. The molecule has 3 fully saturated rings. The van der Waals surface area contributed by atoms with Gasteiger partial charge in [0, 0.05) is 6.42 Å². The summed E-state index contributed by atoms with van der Waals surface area (Å²) in [7, 11) is 0. The number of nitrogens with one attached hydrogen (secondary N) is 1.